The molecule has 0 saturated heterocycles. The van der Waals surface area contributed by atoms with Gasteiger partial charge in [0, 0.05) is 0 Å². The predicted molar refractivity (Wildman–Crippen MR) is 58.5 cm³/mol. The first kappa shape index (κ1) is 12.5. The fourth-order valence-corrected chi connectivity index (χ4v) is 3.00. The molecule has 88 valence electrons. The Labute approximate surface area is 91.5 Å². The Balaban J connectivity index is 3.08. The summed E-state index contributed by atoms with van der Waals surface area (Å²) in [6.07, 6.45) is 1.43. The summed E-state index contributed by atoms with van der Waals surface area (Å²) in [6, 6.07) is 0. The fraction of sp³-hybridized carbons (Fsp3) is 0.917. The van der Waals surface area contributed by atoms with Crippen molar-refractivity contribution in [2.45, 2.75) is 53.1 Å². The highest BCUT2D eigenvalue weighted by molar-refractivity contribution is 5.75. The summed E-state index contributed by atoms with van der Waals surface area (Å²) in [5.41, 5.74) is -2.15. The van der Waals surface area contributed by atoms with Crippen molar-refractivity contribution in [3.63, 3.8) is 0 Å². The van der Waals surface area contributed by atoms with Crippen LogP contribution in [-0.4, -0.2) is 21.8 Å². The number of aliphatic hydroxyl groups is 1. The third-order valence-corrected chi connectivity index (χ3v) is 4.04. The number of carboxylic acid groups (broad SMARTS) is 1. The Bertz CT molecular complexity index is 281. The molecule has 2 unspecified atom stereocenters. The number of carboxylic acids is 1. The molecule has 0 bridgehead atoms. The molecule has 0 spiro atoms. The van der Waals surface area contributed by atoms with Crippen LogP contribution in [0.5, 0.6) is 0 Å². The highest BCUT2D eigenvalue weighted by Crippen LogP contribution is 2.54. The lowest BCUT2D eigenvalue weighted by Crippen LogP contribution is -2.51. The minimum absolute atomic E-state index is 0.0265. The van der Waals surface area contributed by atoms with E-state index in [4.69, 9.17) is 0 Å². The smallest absolute Gasteiger partial charge is 0.312 e. The maximum absolute atomic E-state index is 11.2. The molecule has 2 atom stereocenters. The van der Waals surface area contributed by atoms with Crippen molar-refractivity contribution < 1.29 is 15.0 Å². The highest BCUT2D eigenvalue weighted by atomic mass is 16.4. The minimum Gasteiger partial charge on any atom is -0.481 e. The molecule has 0 amide bonds. The van der Waals surface area contributed by atoms with Crippen LogP contribution in [0.2, 0.25) is 0 Å². The topological polar surface area (TPSA) is 57.5 Å². The third-order valence-electron chi connectivity index (χ3n) is 4.04. The Morgan fingerprint density at radius 2 is 1.87 bits per heavy atom. The number of carbonyl (C=O) groups is 1. The van der Waals surface area contributed by atoms with E-state index < -0.39 is 17.0 Å². The molecule has 1 rings (SSSR count). The van der Waals surface area contributed by atoms with Gasteiger partial charge in [-0.25, -0.2) is 0 Å². The molecule has 0 aromatic rings. The van der Waals surface area contributed by atoms with Crippen LogP contribution in [-0.2, 0) is 4.79 Å². The van der Waals surface area contributed by atoms with Crippen molar-refractivity contribution in [2.75, 3.05) is 0 Å². The summed E-state index contributed by atoms with van der Waals surface area (Å²) in [5, 5.41) is 19.8. The van der Waals surface area contributed by atoms with Crippen LogP contribution >= 0.6 is 0 Å². The van der Waals surface area contributed by atoms with Gasteiger partial charge >= 0.3 is 5.97 Å². The van der Waals surface area contributed by atoms with E-state index in [0.29, 0.717) is 6.42 Å². The standard InChI is InChI=1S/C12H22O3/c1-8-6-10(2,3)7-12(8,15)11(4,5)9(13)14/h8,15H,6-7H2,1-5H3,(H,13,14). The van der Waals surface area contributed by atoms with E-state index in [1.165, 1.54) is 0 Å². The molecule has 1 aliphatic carbocycles. The first-order valence-corrected chi connectivity index (χ1v) is 5.49. The van der Waals surface area contributed by atoms with Crippen LogP contribution in [0.1, 0.15) is 47.5 Å². The van der Waals surface area contributed by atoms with E-state index in [-0.39, 0.29) is 11.3 Å². The number of hydrogen-bond acceptors (Lipinski definition) is 2. The summed E-state index contributed by atoms with van der Waals surface area (Å²) >= 11 is 0. The van der Waals surface area contributed by atoms with Gasteiger partial charge in [0.1, 0.15) is 0 Å². The average Bonchev–Trinajstić information content (AvgIpc) is 2.21. The average molecular weight is 214 g/mol. The lowest BCUT2D eigenvalue weighted by Gasteiger charge is -2.40. The second kappa shape index (κ2) is 3.21. The molecule has 1 saturated carbocycles. The Morgan fingerprint density at radius 3 is 2.13 bits per heavy atom. The summed E-state index contributed by atoms with van der Waals surface area (Å²) in [7, 11) is 0. The maximum atomic E-state index is 11.2. The van der Waals surface area contributed by atoms with Gasteiger partial charge in [-0.05, 0) is 38.0 Å². The van der Waals surface area contributed by atoms with E-state index in [0.717, 1.165) is 6.42 Å². The van der Waals surface area contributed by atoms with Gasteiger partial charge in [0.2, 0.25) is 0 Å². The molecule has 3 nitrogen and oxygen atoms in total. The summed E-state index contributed by atoms with van der Waals surface area (Å²) in [5.74, 6) is -0.895. The van der Waals surface area contributed by atoms with Gasteiger partial charge in [-0.1, -0.05) is 20.8 Å². The van der Waals surface area contributed by atoms with Crippen LogP contribution in [0.25, 0.3) is 0 Å². The highest BCUT2D eigenvalue weighted by Gasteiger charge is 2.58. The molecule has 1 fully saturated rings. The molecule has 0 radical (unpaired) electrons. The summed E-state index contributed by atoms with van der Waals surface area (Å²) in [4.78, 5) is 11.2. The van der Waals surface area contributed by atoms with Crippen LogP contribution in [0.4, 0.5) is 0 Å². The zero-order chi connectivity index (χ0) is 12.1. The van der Waals surface area contributed by atoms with Crippen LogP contribution in [0.15, 0.2) is 0 Å². The molecule has 2 N–H and O–H groups in total. The van der Waals surface area contributed by atoms with E-state index in [2.05, 4.69) is 13.8 Å². The van der Waals surface area contributed by atoms with Gasteiger partial charge < -0.3 is 10.2 Å². The number of rotatable bonds is 2. The van der Waals surface area contributed by atoms with Crippen molar-refractivity contribution in [3.8, 4) is 0 Å². The minimum atomic E-state index is -1.09. The largest absolute Gasteiger partial charge is 0.481 e. The van der Waals surface area contributed by atoms with E-state index >= 15 is 0 Å². The first-order valence-electron chi connectivity index (χ1n) is 5.49. The summed E-state index contributed by atoms with van der Waals surface area (Å²) in [6.45, 7) is 9.35. The Kier molecular flexibility index (Phi) is 2.67. The van der Waals surface area contributed by atoms with Gasteiger partial charge in [0.15, 0.2) is 0 Å². The predicted octanol–water partition coefficient (Wildman–Crippen LogP) is 2.28. The monoisotopic (exact) mass is 214 g/mol. The Hall–Kier alpha value is -0.570. The molecule has 15 heavy (non-hydrogen) atoms. The molecular formula is C12H22O3. The van der Waals surface area contributed by atoms with Gasteiger partial charge in [-0.3, -0.25) is 4.79 Å². The van der Waals surface area contributed by atoms with Crippen LogP contribution in [0, 0.1) is 16.7 Å². The van der Waals surface area contributed by atoms with Crippen LogP contribution in [0.3, 0.4) is 0 Å². The second-order valence-corrected chi connectivity index (χ2v) is 6.30. The zero-order valence-corrected chi connectivity index (χ0v) is 10.3. The van der Waals surface area contributed by atoms with E-state index in [9.17, 15) is 15.0 Å². The normalized spacial score (nSPS) is 35.5. The first-order chi connectivity index (χ1) is 6.53. The molecule has 0 heterocycles. The van der Waals surface area contributed by atoms with Crippen molar-refractivity contribution in [2.24, 2.45) is 16.7 Å². The quantitative estimate of drug-likeness (QED) is 0.741. The number of hydrogen-bond donors (Lipinski definition) is 2. The lowest BCUT2D eigenvalue weighted by atomic mass is 9.69. The van der Waals surface area contributed by atoms with Gasteiger partial charge in [0.05, 0.1) is 11.0 Å². The SMILES string of the molecule is CC1CC(C)(C)CC1(O)C(C)(C)C(=O)O. The van der Waals surface area contributed by atoms with Crippen molar-refractivity contribution in [3.05, 3.63) is 0 Å². The molecule has 3 heteroatoms. The lowest BCUT2D eigenvalue weighted by molar-refractivity contribution is -0.169. The van der Waals surface area contributed by atoms with Crippen molar-refractivity contribution >= 4 is 5.97 Å². The molecule has 1 aliphatic rings. The summed E-state index contributed by atoms with van der Waals surface area (Å²) < 4.78 is 0. The van der Waals surface area contributed by atoms with Gasteiger partial charge in [0.25, 0.3) is 0 Å². The molecule has 0 aromatic carbocycles. The van der Waals surface area contributed by atoms with Gasteiger partial charge in [-0.2, -0.15) is 0 Å². The molecule has 0 aromatic heterocycles. The van der Waals surface area contributed by atoms with E-state index in [1.54, 1.807) is 13.8 Å². The van der Waals surface area contributed by atoms with Crippen molar-refractivity contribution in [1.82, 2.24) is 0 Å². The van der Waals surface area contributed by atoms with Gasteiger partial charge in [-0.15, -0.1) is 0 Å². The second-order valence-electron chi connectivity index (χ2n) is 6.30. The van der Waals surface area contributed by atoms with E-state index in [1.807, 2.05) is 6.92 Å². The number of aliphatic carboxylic acids is 1. The van der Waals surface area contributed by atoms with Crippen LogP contribution < -0.4 is 0 Å². The zero-order valence-electron chi connectivity index (χ0n) is 10.3. The molecular weight excluding hydrogens is 192 g/mol. The third kappa shape index (κ3) is 1.78. The van der Waals surface area contributed by atoms with Crippen molar-refractivity contribution in [1.29, 1.82) is 0 Å². The Morgan fingerprint density at radius 1 is 1.40 bits per heavy atom. The fourth-order valence-electron chi connectivity index (χ4n) is 3.00. The molecule has 0 aliphatic heterocycles. The maximum Gasteiger partial charge on any atom is 0.312 e.